The number of nitrogens with two attached hydrogens (primary N) is 1. The molecule has 0 unspecified atom stereocenters. The van der Waals surface area contributed by atoms with Gasteiger partial charge in [-0.05, 0) is 45.9 Å². The van der Waals surface area contributed by atoms with E-state index in [-0.39, 0.29) is 17.4 Å². The fraction of sp³-hybridized carbons (Fsp3) is 0.233. The predicted octanol–water partition coefficient (Wildman–Crippen LogP) is 5.02. The quantitative estimate of drug-likeness (QED) is 0.225. The van der Waals surface area contributed by atoms with Crippen LogP contribution in [0.25, 0.3) is 11.4 Å². The number of ether oxygens (including phenoxy) is 2. The Kier molecular flexibility index (Phi) is 8.15. The summed E-state index contributed by atoms with van der Waals surface area (Å²) in [5.41, 5.74) is 9.97. The SMILES string of the molecule is CC(C)c1cc(CCc2onc(C(N)=O)c2-c2nn[nH]n2)c(OCc2ccccc2)cc1OCc1ccccc1. The number of nitrogens with one attached hydrogen (secondary N) is 1. The summed E-state index contributed by atoms with van der Waals surface area (Å²) in [5.74, 6) is 1.57. The van der Waals surface area contributed by atoms with E-state index in [1.54, 1.807) is 0 Å². The lowest BCUT2D eigenvalue weighted by atomic mass is 9.96. The van der Waals surface area contributed by atoms with E-state index in [0.717, 1.165) is 28.0 Å². The van der Waals surface area contributed by atoms with Crippen LogP contribution in [0, 0.1) is 0 Å². The molecule has 204 valence electrons. The van der Waals surface area contributed by atoms with E-state index in [0.29, 0.717) is 43.1 Å². The number of hydrogen-bond acceptors (Lipinski definition) is 8. The highest BCUT2D eigenvalue weighted by atomic mass is 16.5. The Hall–Kier alpha value is -4.99. The average Bonchev–Trinajstić information content (AvgIpc) is 3.65. The van der Waals surface area contributed by atoms with E-state index in [2.05, 4.69) is 45.7 Å². The highest BCUT2D eigenvalue weighted by Crippen LogP contribution is 2.36. The van der Waals surface area contributed by atoms with Crippen molar-refractivity contribution in [1.82, 2.24) is 25.8 Å². The van der Waals surface area contributed by atoms with Crippen molar-refractivity contribution in [3.05, 3.63) is 107 Å². The Bertz CT molecular complexity index is 1550. The molecule has 5 aromatic rings. The molecular formula is C30H30N6O4. The normalized spacial score (nSPS) is 11.1. The molecule has 0 bridgehead atoms. The molecule has 2 aromatic heterocycles. The van der Waals surface area contributed by atoms with Crippen LogP contribution < -0.4 is 15.2 Å². The maximum atomic E-state index is 12.0. The molecule has 1 amide bonds. The third-order valence-electron chi connectivity index (χ3n) is 6.48. The van der Waals surface area contributed by atoms with E-state index in [4.69, 9.17) is 19.7 Å². The minimum Gasteiger partial charge on any atom is -0.488 e. The van der Waals surface area contributed by atoms with Gasteiger partial charge in [-0.2, -0.15) is 5.21 Å². The molecule has 0 fully saturated rings. The van der Waals surface area contributed by atoms with Gasteiger partial charge >= 0.3 is 0 Å². The molecule has 10 nitrogen and oxygen atoms in total. The summed E-state index contributed by atoms with van der Waals surface area (Å²) in [6, 6.07) is 24.1. The third-order valence-corrected chi connectivity index (χ3v) is 6.48. The van der Waals surface area contributed by atoms with Crippen molar-refractivity contribution in [2.75, 3.05) is 0 Å². The monoisotopic (exact) mass is 538 g/mol. The zero-order chi connectivity index (χ0) is 27.9. The van der Waals surface area contributed by atoms with Gasteiger partial charge in [-0.1, -0.05) is 79.7 Å². The number of tetrazole rings is 1. The number of aryl methyl sites for hydroxylation is 2. The number of carbonyl (C=O) groups excluding carboxylic acids is 1. The fourth-order valence-electron chi connectivity index (χ4n) is 4.41. The van der Waals surface area contributed by atoms with Crippen molar-refractivity contribution in [1.29, 1.82) is 0 Å². The van der Waals surface area contributed by atoms with E-state index in [1.807, 2.05) is 66.7 Å². The van der Waals surface area contributed by atoms with Gasteiger partial charge < -0.3 is 19.7 Å². The second kappa shape index (κ2) is 12.2. The first kappa shape index (κ1) is 26.6. The molecule has 40 heavy (non-hydrogen) atoms. The molecule has 0 aliphatic carbocycles. The molecule has 2 heterocycles. The van der Waals surface area contributed by atoms with Gasteiger partial charge in [-0.3, -0.25) is 4.79 Å². The number of H-pyrrole nitrogens is 1. The number of carbonyl (C=O) groups is 1. The van der Waals surface area contributed by atoms with Gasteiger partial charge in [-0.15, -0.1) is 10.2 Å². The van der Waals surface area contributed by atoms with Crippen LogP contribution in [-0.2, 0) is 26.1 Å². The summed E-state index contributed by atoms with van der Waals surface area (Å²) in [4.78, 5) is 12.0. The van der Waals surface area contributed by atoms with Crippen LogP contribution in [0.4, 0.5) is 0 Å². The molecule has 5 rings (SSSR count). The van der Waals surface area contributed by atoms with Crippen molar-refractivity contribution in [3.63, 3.8) is 0 Å². The largest absolute Gasteiger partial charge is 0.488 e. The Balaban J connectivity index is 1.46. The molecule has 0 aliphatic rings. The molecule has 0 radical (unpaired) electrons. The Morgan fingerprint density at radius 1 is 0.925 bits per heavy atom. The summed E-state index contributed by atoms with van der Waals surface area (Å²) < 4.78 is 18.2. The lowest BCUT2D eigenvalue weighted by Crippen LogP contribution is -2.13. The highest BCUT2D eigenvalue weighted by Gasteiger charge is 2.25. The third kappa shape index (κ3) is 6.17. The molecule has 3 N–H and O–H groups in total. The number of aromatic amines is 1. The standard InChI is InChI=1S/C30H30N6O4/c1-19(2)23-15-22(13-14-24-27(30-32-35-36-33-30)28(29(31)37)34-40-24)25(38-17-20-9-5-3-6-10-20)16-26(23)39-18-21-11-7-4-8-12-21/h3-12,15-16,19H,13-14,17-18H2,1-2H3,(H2,31,37)(H,32,33,35,36). The van der Waals surface area contributed by atoms with Crippen molar-refractivity contribution in [2.24, 2.45) is 5.73 Å². The van der Waals surface area contributed by atoms with E-state index in [1.165, 1.54) is 0 Å². The van der Waals surface area contributed by atoms with Gasteiger partial charge in [0.2, 0.25) is 5.82 Å². The van der Waals surface area contributed by atoms with Crippen molar-refractivity contribution < 1.29 is 18.8 Å². The maximum Gasteiger partial charge on any atom is 0.271 e. The summed E-state index contributed by atoms with van der Waals surface area (Å²) in [5, 5.41) is 17.8. The summed E-state index contributed by atoms with van der Waals surface area (Å²) in [7, 11) is 0. The van der Waals surface area contributed by atoms with E-state index < -0.39 is 5.91 Å². The van der Waals surface area contributed by atoms with Gasteiger partial charge in [0, 0.05) is 12.5 Å². The number of primary amides is 1. The first-order valence-electron chi connectivity index (χ1n) is 13.0. The highest BCUT2D eigenvalue weighted by molar-refractivity contribution is 5.97. The molecular weight excluding hydrogens is 508 g/mol. The van der Waals surface area contributed by atoms with Crippen molar-refractivity contribution in [3.8, 4) is 22.9 Å². The molecule has 0 aliphatic heterocycles. The molecule has 0 saturated heterocycles. The maximum absolute atomic E-state index is 12.0. The van der Waals surface area contributed by atoms with Crippen LogP contribution >= 0.6 is 0 Å². The van der Waals surface area contributed by atoms with Crippen LogP contribution in [0.5, 0.6) is 11.5 Å². The van der Waals surface area contributed by atoms with Gasteiger partial charge in [0.1, 0.15) is 30.5 Å². The van der Waals surface area contributed by atoms with Gasteiger partial charge in [-0.25, -0.2) is 0 Å². The van der Waals surface area contributed by atoms with Crippen LogP contribution in [-0.4, -0.2) is 31.7 Å². The van der Waals surface area contributed by atoms with Crippen LogP contribution in [0.3, 0.4) is 0 Å². The zero-order valence-corrected chi connectivity index (χ0v) is 22.3. The zero-order valence-electron chi connectivity index (χ0n) is 22.3. The number of amides is 1. The Labute approximate surface area is 231 Å². The second-order valence-corrected chi connectivity index (χ2v) is 9.63. The van der Waals surface area contributed by atoms with Crippen LogP contribution in [0.15, 0.2) is 77.3 Å². The van der Waals surface area contributed by atoms with Gasteiger partial charge in [0.15, 0.2) is 5.69 Å². The predicted molar refractivity (Wildman–Crippen MR) is 148 cm³/mol. The molecule has 0 spiro atoms. The lowest BCUT2D eigenvalue weighted by Gasteiger charge is -2.20. The number of rotatable bonds is 12. The molecule has 3 aromatic carbocycles. The molecule has 10 heteroatoms. The first-order valence-corrected chi connectivity index (χ1v) is 13.0. The number of aromatic nitrogens is 5. The van der Waals surface area contributed by atoms with Crippen LogP contribution in [0.1, 0.15) is 58.3 Å². The molecule has 0 saturated carbocycles. The second-order valence-electron chi connectivity index (χ2n) is 9.63. The smallest absolute Gasteiger partial charge is 0.271 e. The Morgan fingerprint density at radius 2 is 1.57 bits per heavy atom. The summed E-state index contributed by atoms with van der Waals surface area (Å²) in [6.07, 6.45) is 0.925. The topological polar surface area (TPSA) is 142 Å². The minimum atomic E-state index is -0.733. The first-order chi connectivity index (χ1) is 19.5. The Morgan fingerprint density at radius 3 is 2.15 bits per heavy atom. The van der Waals surface area contributed by atoms with Gasteiger partial charge in [0.05, 0.1) is 5.56 Å². The van der Waals surface area contributed by atoms with E-state index >= 15 is 0 Å². The number of nitrogens with zero attached hydrogens (tertiary/aromatic N) is 4. The summed E-state index contributed by atoms with van der Waals surface area (Å²) in [6.45, 7) is 5.10. The van der Waals surface area contributed by atoms with Crippen molar-refractivity contribution >= 4 is 5.91 Å². The number of hydrogen-bond donors (Lipinski definition) is 2. The van der Waals surface area contributed by atoms with Crippen molar-refractivity contribution in [2.45, 2.75) is 45.8 Å². The molecule has 0 atom stereocenters. The van der Waals surface area contributed by atoms with Crippen LogP contribution in [0.2, 0.25) is 0 Å². The number of benzene rings is 3. The average molecular weight is 539 g/mol. The van der Waals surface area contributed by atoms with E-state index in [9.17, 15) is 4.79 Å². The lowest BCUT2D eigenvalue weighted by molar-refractivity contribution is 0.0992. The van der Waals surface area contributed by atoms with Gasteiger partial charge in [0.25, 0.3) is 5.91 Å². The summed E-state index contributed by atoms with van der Waals surface area (Å²) >= 11 is 0. The minimum absolute atomic E-state index is 0.0375. The fourth-order valence-corrected chi connectivity index (χ4v) is 4.41.